The number of nitrogens with zero attached hydrogens (tertiary/aromatic N) is 3. The standard InChI is InChI=1S/C19H19N3OS/c1-13-12-24-17(21-13)11-22(3)19(23)18-14(2)20-10-9-16(18)15-7-5-4-6-8-15/h4-10,12H,11H2,1-3H3. The third-order valence-electron chi connectivity index (χ3n) is 3.82. The molecule has 1 aromatic carbocycles. The molecule has 3 aromatic rings. The van der Waals surface area contributed by atoms with Gasteiger partial charge in [-0.25, -0.2) is 4.98 Å². The molecule has 0 fully saturated rings. The van der Waals surface area contributed by atoms with E-state index in [0.717, 1.165) is 27.5 Å². The molecule has 0 aliphatic carbocycles. The zero-order chi connectivity index (χ0) is 17.1. The second-order valence-electron chi connectivity index (χ2n) is 5.73. The van der Waals surface area contributed by atoms with Crippen LogP contribution in [0, 0.1) is 13.8 Å². The van der Waals surface area contributed by atoms with Gasteiger partial charge >= 0.3 is 0 Å². The molecule has 0 unspecified atom stereocenters. The van der Waals surface area contributed by atoms with Crippen molar-refractivity contribution < 1.29 is 4.79 Å². The first-order valence-corrected chi connectivity index (χ1v) is 8.61. The van der Waals surface area contributed by atoms with E-state index in [1.807, 2.05) is 55.6 Å². The average Bonchev–Trinajstić information content (AvgIpc) is 2.99. The van der Waals surface area contributed by atoms with Crippen molar-refractivity contribution in [2.45, 2.75) is 20.4 Å². The summed E-state index contributed by atoms with van der Waals surface area (Å²) >= 11 is 1.57. The lowest BCUT2D eigenvalue weighted by molar-refractivity contribution is 0.0784. The van der Waals surface area contributed by atoms with E-state index >= 15 is 0 Å². The molecule has 0 saturated carbocycles. The summed E-state index contributed by atoms with van der Waals surface area (Å²) in [5, 5.41) is 2.93. The Kier molecular flexibility index (Phi) is 4.71. The second kappa shape index (κ2) is 6.93. The van der Waals surface area contributed by atoms with Gasteiger partial charge in [-0.15, -0.1) is 11.3 Å². The van der Waals surface area contributed by atoms with Gasteiger partial charge in [0, 0.05) is 24.3 Å². The molecule has 0 radical (unpaired) electrons. The van der Waals surface area contributed by atoms with Crippen LogP contribution in [-0.4, -0.2) is 27.8 Å². The molecule has 5 heteroatoms. The largest absolute Gasteiger partial charge is 0.335 e. The fraction of sp³-hybridized carbons (Fsp3) is 0.211. The molecule has 0 atom stereocenters. The molecule has 0 spiro atoms. The third kappa shape index (κ3) is 3.36. The van der Waals surface area contributed by atoms with Gasteiger partial charge in [0.2, 0.25) is 0 Å². The lowest BCUT2D eigenvalue weighted by atomic mass is 9.98. The highest BCUT2D eigenvalue weighted by atomic mass is 32.1. The summed E-state index contributed by atoms with van der Waals surface area (Å²) in [4.78, 5) is 23.5. The Labute approximate surface area is 145 Å². The average molecular weight is 337 g/mol. The fourth-order valence-electron chi connectivity index (χ4n) is 2.64. The summed E-state index contributed by atoms with van der Waals surface area (Å²) in [7, 11) is 1.81. The van der Waals surface area contributed by atoms with E-state index in [2.05, 4.69) is 9.97 Å². The van der Waals surface area contributed by atoms with Gasteiger partial charge < -0.3 is 4.90 Å². The Hall–Kier alpha value is -2.53. The number of rotatable bonds is 4. The molecule has 1 amide bonds. The van der Waals surface area contributed by atoms with E-state index < -0.39 is 0 Å². The summed E-state index contributed by atoms with van der Waals surface area (Å²) in [6.07, 6.45) is 1.75. The van der Waals surface area contributed by atoms with Crippen molar-refractivity contribution in [2.24, 2.45) is 0 Å². The summed E-state index contributed by atoms with van der Waals surface area (Å²) in [5.74, 6) is -0.0349. The van der Waals surface area contributed by atoms with Crippen molar-refractivity contribution in [3.63, 3.8) is 0 Å². The van der Waals surface area contributed by atoms with Gasteiger partial charge in [0.05, 0.1) is 17.8 Å². The molecule has 3 rings (SSSR count). The number of thiazole rings is 1. The molecule has 2 heterocycles. The van der Waals surface area contributed by atoms with Gasteiger partial charge in [-0.05, 0) is 31.0 Å². The molecular formula is C19H19N3OS. The van der Waals surface area contributed by atoms with Crippen LogP contribution in [-0.2, 0) is 6.54 Å². The van der Waals surface area contributed by atoms with Gasteiger partial charge in [-0.1, -0.05) is 30.3 Å². The van der Waals surface area contributed by atoms with Gasteiger partial charge in [-0.3, -0.25) is 9.78 Å². The number of carbonyl (C=O) groups excluding carboxylic acids is 1. The maximum Gasteiger partial charge on any atom is 0.256 e. The Morgan fingerprint density at radius 1 is 1.17 bits per heavy atom. The molecule has 4 nitrogen and oxygen atoms in total. The topological polar surface area (TPSA) is 46.1 Å². The van der Waals surface area contributed by atoms with Gasteiger partial charge in [0.25, 0.3) is 5.91 Å². The molecule has 0 bridgehead atoms. The van der Waals surface area contributed by atoms with Gasteiger partial charge in [0.1, 0.15) is 5.01 Å². The first kappa shape index (κ1) is 16.3. The van der Waals surface area contributed by atoms with Crippen molar-refractivity contribution in [3.8, 4) is 11.1 Å². The Bertz CT molecular complexity index is 858. The number of aryl methyl sites for hydroxylation is 2. The van der Waals surface area contributed by atoms with E-state index in [1.165, 1.54) is 0 Å². The summed E-state index contributed by atoms with van der Waals surface area (Å²) < 4.78 is 0. The van der Waals surface area contributed by atoms with Gasteiger partial charge in [-0.2, -0.15) is 0 Å². The minimum absolute atomic E-state index is 0.0349. The highest BCUT2D eigenvalue weighted by Crippen LogP contribution is 2.26. The zero-order valence-corrected chi connectivity index (χ0v) is 14.8. The summed E-state index contributed by atoms with van der Waals surface area (Å²) in [5.41, 5.74) is 4.31. The van der Waals surface area contributed by atoms with Crippen LogP contribution < -0.4 is 0 Å². The number of amides is 1. The molecular weight excluding hydrogens is 318 g/mol. The van der Waals surface area contributed by atoms with Crippen molar-refractivity contribution in [3.05, 3.63) is 69.9 Å². The van der Waals surface area contributed by atoms with Gasteiger partial charge in [0.15, 0.2) is 0 Å². The van der Waals surface area contributed by atoms with Crippen LogP contribution in [0.15, 0.2) is 48.0 Å². The smallest absolute Gasteiger partial charge is 0.256 e. The number of hydrogen-bond donors (Lipinski definition) is 0. The Balaban J connectivity index is 1.94. The SMILES string of the molecule is Cc1csc(CN(C)C(=O)c2c(-c3ccccc3)ccnc2C)n1. The molecule has 0 saturated heterocycles. The molecule has 0 aliphatic heterocycles. The number of benzene rings is 1. The predicted molar refractivity (Wildman–Crippen MR) is 97.1 cm³/mol. The van der Waals surface area contributed by atoms with E-state index in [4.69, 9.17) is 0 Å². The van der Waals surface area contributed by atoms with E-state index in [9.17, 15) is 4.79 Å². The van der Waals surface area contributed by atoms with Crippen LogP contribution in [0.25, 0.3) is 11.1 Å². The normalized spacial score (nSPS) is 10.6. The minimum atomic E-state index is -0.0349. The number of pyridine rings is 1. The Morgan fingerprint density at radius 3 is 2.58 bits per heavy atom. The lowest BCUT2D eigenvalue weighted by Gasteiger charge is -2.19. The molecule has 122 valence electrons. The quantitative estimate of drug-likeness (QED) is 0.720. The predicted octanol–water partition coefficient (Wildman–Crippen LogP) is 4.09. The molecule has 0 N–H and O–H groups in total. The first-order chi connectivity index (χ1) is 11.6. The maximum absolute atomic E-state index is 13.0. The molecule has 24 heavy (non-hydrogen) atoms. The van der Waals surface area contributed by atoms with Crippen LogP contribution in [0.2, 0.25) is 0 Å². The van der Waals surface area contributed by atoms with Crippen LogP contribution in [0.1, 0.15) is 26.8 Å². The number of carbonyl (C=O) groups is 1. The second-order valence-corrected chi connectivity index (χ2v) is 6.67. The third-order valence-corrected chi connectivity index (χ3v) is 4.78. The fourth-order valence-corrected chi connectivity index (χ4v) is 3.46. The van der Waals surface area contributed by atoms with Crippen molar-refractivity contribution in [1.29, 1.82) is 0 Å². The molecule has 2 aromatic heterocycles. The first-order valence-electron chi connectivity index (χ1n) is 7.73. The number of aromatic nitrogens is 2. The van der Waals surface area contributed by atoms with E-state index in [1.54, 1.807) is 29.5 Å². The highest BCUT2D eigenvalue weighted by Gasteiger charge is 2.20. The number of hydrogen-bond acceptors (Lipinski definition) is 4. The highest BCUT2D eigenvalue weighted by molar-refractivity contribution is 7.09. The Morgan fingerprint density at radius 2 is 1.92 bits per heavy atom. The van der Waals surface area contributed by atoms with Crippen LogP contribution >= 0.6 is 11.3 Å². The van der Waals surface area contributed by atoms with E-state index in [-0.39, 0.29) is 5.91 Å². The van der Waals surface area contributed by atoms with Crippen LogP contribution in [0.3, 0.4) is 0 Å². The lowest BCUT2D eigenvalue weighted by Crippen LogP contribution is -2.27. The zero-order valence-electron chi connectivity index (χ0n) is 14.0. The summed E-state index contributed by atoms with van der Waals surface area (Å²) in [6.45, 7) is 4.33. The van der Waals surface area contributed by atoms with Crippen LogP contribution in [0.5, 0.6) is 0 Å². The maximum atomic E-state index is 13.0. The van der Waals surface area contributed by atoms with E-state index in [0.29, 0.717) is 12.1 Å². The summed E-state index contributed by atoms with van der Waals surface area (Å²) in [6, 6.07) is 11.8. The van der Waals surface area contributed by atoms with Crippen molar-refractivity contribution in [1.82, 2.24) is 14.9 Å². The monoisotopic (exact) mass is 337 g/mol. The van der Waals surface area contributed by atoms with Crippen molar-refractivity contribution >= 4 is 17.2 Å². The van der Waals surface area contributed by atoms with Crippen molar-refractivity contribution in [2.75, 3.05) is 7.05 Å². The minimum Gasteiger partial charge on any atom is -0.335 e. The molecule has 0 aliphatic rings. The van der Waals surface area contributed by atoms with Crippen LogP contribution in [0.4, 0.5) is 0 Å².